The SMILES string of the molecule is COC(=O)/C(C)=C/CNc1cc(Cl)cc(C(F)(F)F)c1. The standard InChI is InChI=1S/C13H13ClF3NO2/c1-8(12(19)20-2)3-4-18-11-6-9(13(15,16)17)5-10(14)7-11/h3,5-7,18H,4H2,1-2H3/b8-3+. The molecule has 1 N–H and O–H groups in total. The van der Waals surface area contributed by atoms with E-state index in [1.165, 1.54) is 19.3 Å². The lowest BCUT2D eigenvalue weighted by atomic mass is 10.2. The van der Waals surface area contributed by atoms with Crippen LogP contribution in [0.5, 0.6) is 0 Å². The van der Waals surface area contributed by atoms with Gasteiger partial charge < -0.3 is 10.1 Å². The van der Waals surface area contributed by atoms with E-state index in [9.17, 15) is 18.0 Å². The van der Waals surface area contributed by atoms with Gasteiger partial charge in [-0.05, 0) is 25.1 Å². The molecule has 20 heavy (non-hydrogen) atoms. The molecular formula is C13H13ClF3NO2. The molecule has 1 aromatic carbocycles. The van der Waals surface area contributed by atoms with Gasteiger partial charge in [-0.3, -0.25) is 0 Å². The lowest BCUT2D eigenvalue weighted by Crippen LogP contribution is -2.08. The minimum Gasteiger partial charge on any atom is -0.466 e. The second-order valence-corrected chi connectivity index (χ2v) is 4.42. The molecule has 0 aliphatic carbocycles. The number of esters is 1. The summed E-state index contributed by atoms with van der Waals surface area (Å²) in [6.45, 7) is 1.73. The summed E-state index contributed by atoms with van der Waals surface area (Å²) in [5.74, 6) is -0.492. The summed E-state index contributed by atoms with van der Waals surface area (Å²) < 4.78 is 42.3. The molecule has 7 heteroatoms. The zero-order valence-electron chi connectivity index (χ0n) is 10.8. The summed E-state index contributed by atoms with van der Waals surface area (Å²) in [4.78, 5) is 11.1. The van der Waals surface area contributed by atoms with Crippen LogP contribution in [0.2, 0.25) is 5.02 Å². The van der Waals surface area contributed by atoms with Gasteiger partial charge in [-0.1, -0.05) is 17.7 Å². The molecule has 0 atom stereocenters. The molecule has 0 aliphatic rings. The van der Waals surface area contributed by atoms with E-state index in [1.807, 2.05) is 0 Å². The third-order valence-electron chi connectivity index (χ3n) is 2.45. The average molecular weight is 308 g/mol. The molecule has 0 heterocycles. The Bertz CT molecular complexity index is 527. The molecule has 1 rings (SSSR count). The number of carbonyl (C=O) groups is 1. The quantitative estimate of drug-likeness (QED) is 0.677. The number of benzene rings is 1. The van der Waals surface area contributed by atoms with Crippen molar-refractivity contribution in [2.45, 2.75) is 13.1 Å². The van der Waals surface area contributed by atoms with Crippen molar-refractivity contribution in [3.63, 3.8) is 0 Å². The number of halogens is 4. The highest BCUT2D eigenvalue weighted by molar-refractivity contribution is 6.30. The highest BCUT2D eigenvalue weighted by atomic mass is 35.5. The fraction of sp³-hybridized carbons (Fsp3) is 0.308. The molecule has 0 saturated heterocycles. The van der Waals surface area contributed by atoms with Crippen molar-refractivity contribution < 1.29 is 22.7 Å². The predicted molar refractivity (Wildman–Crippen MR) is 70.7 cm³/mol. The minimum absolute atomic E-state index is 0.0176. The van der Waals surface area contributed by atoms with Crippen molar-refractivity contribution in [2.24, 2.45) is 0 Å². The number of ether oxygens (including phenoxy) is 1. The molecule has 3 nitrogen and oxygen atoms in total. The molecule has 110 valence electrons. The van der Waals surface area contributed by atoms with Crippen LogP contribution in [-0.4, -0.2) is 19.6 Å². The molecule has 0 aliphatic heterocycles. The Kier molecular flexibility index (Phi) is 5.44. The van der Waals surface area contributed by atoms with E-state index in [1.54, 1.807) is 6.92 Å². The second-order valence-electron chi connectivity index (χ2n) is 3.99. The van der Waals surface area contributed by atoms with Crippen molar-refractivity contribution in [3.05, 3.63) is 40.4 Å². The molecule has 0 amide bonds. The first-order chi connectivity index (χ1) is 9.24. The van der Waals surface area contributed by atoms with E-state index >= 15 is 0 Å². The maximum atomic E-state index is 12.6. The van der Waals surface area contributed by atoms with Crippen LogP contribution in [0.15, 0.2) is 29.8 Å². The Labute approximate surface area is 119 Å². The van der Waals surface area contributed by atoms with Crippen LogP contribution < -0.4 is 5.32 Å². The van der Waals surface area contributed by atoms with E-state index in [-0.39, 0.29) is 17.3 Å². The maximum Gasteiger partial charge on any atom is 0.416 e. The number of alkyl halides is 3. The van der Waals surface area contributed by atoms with Gasteiger partial charge in [0.05, 0.1) is 12.7 Å². The fourth-order valence-corrected chi connectivity index (χ4v) is 1.66. The minimum atomic E-state index is -4.46. The van der Waals surface area contributed by atoms with Gasteiger partial charge in [-0.25, -0.2) is 4.79 Å². The van der Waals surface area contributed by atoms with Crippen LogP contribution in [0.25, 0.3) is 0 Å². The fourth-order valence-electron chi connectivity index (χ4n) is 1.42. The number of methoxy groups -OCH3 is 1. The van der Waals surface area contributed by atoms with Gasteiger partial charge in [0.2, 0.25) is 0 Å². The van der Waals surface area contributed by atoms with Crippen molar-refractivity contribution in [3.8, 4) is 0 Å². The molecule has 0 bridgehead atoms. The van der Waals surface area contributed by atoms with Crippen LogP contribution >= 0.6 is 11.6 Å². The van der Waals surface area contributed by atoms with Crippen molar-refractivity contribution in [2.75, 3.05) is 19.0 Å². The van der Waals surface area contributed by atoms with Crippen LogP contribution in [0.1, 0.15) is 12.5 Å². The summed E-state index contributed by atoms with van der Waals surface area (Å²) in [7, 11) is 1.25. The van der Waals surface area contributed by atoms with E-state index in [0.29, 0.717) is 5.57 Å². The summed E-state index contributed by atoms with van der Waals surface area (Å²) >= 11 is 5.64. The lowest BCUT2D eigenvalue weighted by molar-refractivity contribution is -0.137. The third kappa shape index (κ3) is 4.77. The summed E-state index contributed by atoms with van der Waals surface area (Å²) in [6.07, 6.45) is -2.95. The first-order valence-electron chi connectivity index (χ1n) is 5.60. The highest BCUT2D eigenvalue weighted by Gasteiger charge is 2.31. The first kappa shape index (κ1) is 16.4. The van der Waals surface area contributed by atoms with Gasteiger partial charge in [0.15, 0.2) is 0 Å². The van der Waals surface area contributed by atoms with E-state index < -0.39 is 17.7 Å². The molecule has 0 unspecified atom stereocenters. The van der Waals surface area contributed by atoms with Crippen LogP contribution in [-0.2, 0) is 15.7 Å². The van der Waals surface area contributed by atoms with E-state index in [0.717, 1.165) is 12.1 Å². The van der Waals surface area contributed by atoms with E-state index in [4.69, 9.17) is 11.6 Å². The molecular weight excluding hydrogens is 295 g/mol. The Morgan fingerprint density at radius 2 is 2.05 bits per heavy atom. The molecule has 0 spiro atoms. The smallest absolute Gasteiger partial charge is 0.416 e. The maximum absolute atomic E-state index is 12.6. The molecule has 1 aromatic rings. The average Bonchev–Trinajstić information content (AvgIpc) is 2.36. The van der Waals surface area contributed by atoms with Crippen LogP contribution in [0.4, 0.5) is 18.9 Å². The number of rotatable bonds is 4. The van der Waals surface area contributed by atoms with Crippen molar-refractivity contribution >= 4 is 23.3 Å². The van der Waals surface area contributed by atoms with Crippen LogP contribution in [0.3, 0.4) is 0 Å². The topological polar surface area (TPSA) is 38.3 Å². The summed E-state index contributed by atoms with van der Waals surface area (Å²) in [5.41, 5.74) is -0.252. The Balaban J connectivity index is 2.79. The normalized spacial score (nSPS) is 12.2. The molecule has 0 fully saturated rings. The molecule has 0 radical (unpaired) electrons. The van der Waals surface area contributed by atoms with Gasteiger partial charge in [0.1, 0.15) is 0 Å². The Hall–Kier alpha value is -1.69. The second kappa shape index (κ2) is 6.65. The molecule has 0 saturated carbocycles. The Morgan fingerprint density at radius 1 is 1.40 bits per heavy atom. The third-order valence-corrected chi connectivity index (χ3v) is 2.67. The highest BCUT2D eigenvalue weighted by Crippen LogP contribution is 2.33. The number of hydrogen-bond donors (Lipinski definition) is 1. The van der Waals surface area contributed by atoms with E-state index in [2.05, 4.69) is 10.1 Å². The summed E-state index contributed by atoms with van der Waals surface area (Å²) in [5, 5.41) is 2.72. The zero-order valence-corrected chi connectivity index (χ0v) is 11.6. The van der Waals surface area contributed by atoms with Gasteiger partial charge in [-0.2, -0.15) is 13.2 Å². The predicted octanol–water partition coefficient (Wildman–Crippen LogP) is 3.89. The first-order valence-corrected chi connectivity index (χ1v) is 5.98. The molecule has 0 aromatic heterocycles. The Morgan fingerprint density at radius 3 is 2.60 bits per heavy atom. The van der Waals surface area contributed by atoms with Gasteiger partial charge in [0, 0.05) is 22.8 Å². The number of hydrogen-bond acceptors (Lipinski definition) is 3. The largest absolute Gasteiger partial charge is 0.466 e. The number of carbonyl (C=O) groups excluding carboxylic acids is 1. The number of nitrogens with one attached hydrogen (secondary N) is 1. The summed E-state index contributed by atoms with van der Waals surface area (Å²) in [6, 6.07) is 3.17. The lowest BCUT2D eigenvalue weighted by Gasteiger charge is -2.11. The number of anilines is 1. The van der Waals surface area contributed by atoms with Crippen molar-refractivity contribution in [1.82, 2.24) is 0 Å². The van der Waals surface area contributed by atoms with Gasteiger partial charge in [0.25, 0.3) is 0 Å². The van der Waals surface area contributed by atoms with Crippen LogP contribution in [0, 0.1) is 0 Å². The van der Waals surface area contributed by atoms with Crippen molar-refractivity contribution in [1.29, 1.82) is 0 Å². The van der Waals surface area contributed by atoms with Gasteiger partial charge >= 0.3 is 12.1 Å². The monoisotopic (exact) mass is 307 g/mol. The van der Waals surface area contributed by atoms with Gasteiger partial charge in [-0.15, -0.1) is 0 Å². The zero-order chi connectivity index (χ0) is 15.3.